The summed E-state index contributed by atoms with van der Waals surface area (Å²) in [5.41, 5.74) is -3.04. The summed E-state index contributed by atoms with van der Waals surface area (Å²) in [5, 5.41) is 8.91. The molecular formula is C21H16F6N4OS. The van der Waals surface area contributed by atoms with Crippen LogP contribution in [0, 0.1) is 11.3 Å². The van der Waals surface area contributed by atoms with E-state index in [1.165, 1.54) is 30.1 Å². The van der Waals surface area contributed by atoms with Crippen LogP contribution >= 0.6 is 12.2 Å². The highest BCUT2D eigenvalue weighted by atomic mass is 32.1. The number of thiocarbonyl (C=S) groups is 1. The monoisotopic (exact) mass is 486 g/mol. The van der Waals surface area contributed by atoms with Gasteiger partial charge in [0.1, 0.15) is 11.6 Å². The molecule has 1 amide bonds. The molecule has 0 spiro atoms. The lowest BCUT2D eigenvalue weighted by Gasteiger charge is -2.49. The minimum Gasteiger partial charge on any atom is -0.323 e. The Hall–Kier alpha value is -3.20. The SMILES string of the molecule is CN(C(=O)C1(N(C=S)c2ccc(C(F)(F)F)cc2)CCC1)c1cnc(C#N)c(C(F)(F)F)c1. The number of nitrogens with zero attached hydrogens (tertiary/aromatic N) is 4. The van der Waals surface area contributed by atoms with Crippen LogP contribution in [-0.4, -0.2) is 29.0 Å². The molecule has 0 saturated heterocycles. The summed E-state index contributed by atoms with van der Waals surface area (Å²) in [6, 6.07) is 6.13. The van der Waals surface area contributed by atoms with E-state index in [0.717, 1.165) is 28.7 Å². The van der Waals surface area contributed by atoms with Crippen LogP contribution in [0.2, 0.25) is 0 Å². The van der Waals surface area contributed by atoms with E-state index in [0.29, 0.717) is 25.3 Å². The number of nitriles is 1. The van der Waals surface area contributed by atoms with Crippen molar-refractivity contribution in [2.75, 3.05) is 16.8 Å². The highest BCUT2D eigenvalue weighted by Crippen LogP contribution is 2.43. The molecule has 0 aliphatic heterocycles. The van der Waals surface area contributed by atoms with Crippen molar-refractivity contribution in [1.82, 2.24) is 4.98 Å². The standard InChI is InChI=1S/C21H16F6N4OS/c1-30(15-9-16(21(25,26)27)17(10-28)29-11-15)18(32)19(7-2-8-19)31(12-33)14-5-3-13(4-6-14)20(22,23)24/h3-6,9,11-12H,2,7-8H2,1H3. The fourth-order valence-electron chi connectivity index (χ4n) is 3.66. The number of likely N-dealkylation sites (N-methyl/N-ethyl adjacent to an activating group) is 1. The predicted octanol–water partition coefficient (Wildman–Crippen LogP) is 5.34. The van der Waals surface area contributed by atoms with E-state index < -0.39 is 40.6 Å². The highest BCUT2D eigenvalue weighted by Gasteiger charge is 2.51. The van der Waals surface area contributed by atoms with Crippen LogP contribution in [0.15, 0.2) is 36.5 Å². The highest BCUT2D eigenvalue weighted by molar-refractivity contribution is 7.79. The lowest BCUT2D eigenvalue weighted by molar-refractivity contribution is -0.138. The van der Waals surface area contributed by atoms with Crippen LogP contribution in [0.1, 0.15) is 36.1 Å². The van der Waals surface area contributed by atoms with Crippen molar-refractivity contribution in [2.45, 2.75) is 37.2 Å². The van der Waals surface area contributed by atoms with Gasteiger partial charge < -0.3 is 9.80 Å². The summed E-state index contributed by atoms with van der Waals surface area (Å²) in [6.07, 6.45) is -7.21. The molecule has 1 saturated carbocycles. The van der Waals surface area contributed by atoms with Crippen molar-refractivity contribution in [1.29, 1.82) is 5.26 Å². The zero-order valence-electron chi connectivity index (χ0n) is 17.0. The summed E-state index contributed by atoms with van der Waals surface area (Å²) in [5.74, 6) is -0.602. The molecule has 0 atom stereocenters. The van der Waals surface area contributed by atoms with Gasteiger partial charge in [-0.25, -0.2) is 4.98 Å². The number of alkyl halides is 6. The van der Waals surface area contributed by atoms with Crippen LogP contribution in [0.3, 0.4) is 0 Å². The third-order valence-corrected chi connectivity index (χ3v) is 5.81. The third kappa shape index (κ3) is 4.50. The van der Waals surface area contributed by atoms with E-state index in [1.807, 2.05) is 0 Å². The summed E-state index contributed by atoms with van der Waals surface area (Å²) in [6.45, 7) is 0. The van der Waals surface area contributed by atoms with Gasteiger partial charge in [-0.05, 0) is 49.6 Å². The molecule has 1 aliphatic rings. The van der Waals surface area contributed by atoms with Crippen LogP contribution in [0.5, 0.6) is 0 Å². The molecule has 12 heteroatoms. The maximum atomic E-state index is 13.4. The minimum absolute atomic E-state index is 0.186. The Morgan fingerprint density at radius 2 is 1.73 bits per heavy atom. The van der Waals surface area contributed by atoms with Crippen molar-refractivity contribution in [3.05, 3.63) is 53.3 Å². The Morgan fingerprint density at radius 1 is 1.12 bits per heavy atom. The third-order valence-electron chi connectivity index (χ3n) is 5.59. The first kappa shape index (κ1) is 24.4. The lowest BCUT2D eigenvalue weighted by atomic mass is 9.74. The van der Waals surface area contributed by atoms with Gasteiger partial charge in [-0.3, -0.25) is 4.79 Å². The van der Waals surface area contributed by atoms with Crippen molar-refractivity contribution in [3.63, 3.8) is 0 Å². The molecule has 1 aromatic carbocycles. The van der Waals surface area contributed by atoms with Crippen molar-refractivity contribution in [2.24, 2.45) is 0 Å². The van der Waals surface area contributed by atoms with E-state index >= 15 is 0 Å². The van der Waals surface area contributed by atoms with E-state index in [9.17, 15) is 31.1 Å². The van der Waals surface area contributed by atoms with Gasteiger partial charge in [0.25, 0.3) is 5.91 Å². The first-order valence-corrected chi connectivity index (χ1v) is 9.99. The van der Waals surface area contributed by atoms with Gasteiger partial charge in [-0.15, -0.1) is 0 Å². The molecule has 2 aromatic rings. The van der Waals surface area contributed by atoms with E-state index in [4.69, 9.17) is 17.5 Å². The predicted molar refractivity (Wildman–Crippen MR) is 112 cm³/mol. The molecular weight excluding hydrogens is 470 g/mol. The number of carbonyl (C=O) groups excluding carboxylic acids is 1. The number of aromatic nitrogens is 1. The number of pyridine rings is 1. The fourth-order valence-corrected chi connectivity index (χ4v) is 3.98. The second kappa shape index (κ2) is 8.62. The molecule has 1 heterocycles. The Kier molecular flexibility index (Phi) is 6.39. The number of benzene rings is 1. The molecule has 0 radical (unpaired) electrons. The Bertz CT molecular complexity index is 1100. The molecule has 33 heavy (non-hydrogen) atoms. The average Bonchev–Trinajstić information content (AvgIpc) is 2.73. The second-order valence-electron chi connectivity index (χ2n) is 7.47. The Labute approximate surface area is 190 Å². The quantitative estimate of drug-likeness (QED) is 0.422. The lowest BCUT2D eigenvalue weighted by Crippen LogP contribution is -2.63. The first-order valence-electron chi connectivity index (χ1n) is 9.52. The van der Waals surface area contributed by atoms with Gasteiger partial charge in [-0.1, -0.05) is 12.2 Å². The number of amides is 1. The first-order chi connectivity index (χ1) is 15.3. The molecule has 1 fully saturated rings. The normalized spacial score (nSPS) is 15.2. The molecule has 1 aliphatic carbocycles. The second-order valence-corrected chi connectivity index (χ2v) is 7.68. The van der Waals surface area contributed by atoms with Crippen LogP contribution in [0.4, 0.5) is 37.7 Å². The molecule has 174 valence electrons. The van der Waals surface area contributed by atoms with E-state index in [-0.39, 0.29) is 11.4 Å². The number of anilines is 2. The number of hydrogen-bond donors (Lipinski definition) is 0. The number of halogens is 6. The van der Waals surface area contributed by atoms with E-state index in [1.54, 1.807) is 0 Å². The molecule has 0 bridgehead atoms. The minimum atomic E-state index is -4.85. The van der Waals surface area contributed by atoms with Crippen molar-refractivity contribution in [3.8, 4) is 6.07 Å². The zero-order valence-corrected chi connectivity index (χ0v) is 17.9. The molecule has 0 unspecified atom stereocenters. The maximum Gasteiger partial charge on any atom is 0.419 e. The van der Waals surface area contributed by atoms with E-state index in [2.05, 4.69) is 4.98 Å². The zero-order chi connectivity index (χ0) is 24.6. The number of carbonyl (C=O) groups is 1. The molecule has 5 nitrogen and oxygen atoms in total. The van der Waals surface area contributed by atoms with Crippen molar-refractivity contribution >= 4 is 35.0 Å². The summed E-state index contributed by atoms with van der Waals surface area (Å²) in [4.78, 5) is 19.3. The Morgan fingerprint density at radius 3 is 2.15 bits per heavy atom. The van der Waals surface area contributed by atoms with Crippen molar-refractivity contribution < 1.29 is 31.1 Å². The van der Waals surface area contributed by atoms with Gasteiger partial charge >= 0.3 is 12.4 Å². The summed E-state index contributed by atoms with van der Waals surface area (Å²) < 4.78 is 78.6. The number of rotatable bonds is 5. The summed E-state index contributed by atoms with van der Waals surface area (Å²) >= 11 is 5.05. The molecule has 3 rings (SSSR count). The van der Waals surface area contributed by atoms with Crippen LogP contribution in [0.25, 0.3) is 0 Å². The van der Waals surface area contributed by atoms with Gasteiger partial charge in [-0.2, -0.15) is 31.6 Å². The molecule has 1 aromatic heterocycles. The van der Waals surface area contributed by atoms with Gasteiger partial charge in [0.05, 0.1) is 28.5 Å². The largest absolute Gasteiger partial charge is 0.419 e. The summed E-state index contributed by atoms with van der Waals surface area (Å²) in [7, 11) is 1.26. The Balaban J connectivity index is 1.97. The smallest absolute Gasteiger partial charge is 0.323 e. The maximum absolute atomic E-state index is 13.4. The average molecular weight is 486 g/mol. The van der Waals surface area contributed by atoms with Gasteiger partial charge in [0.2, 0.25) is 0 Å². The fraction of sp³-hybridized carbons (Fsp3) is 0.333. The van der Waals surface area contributed by atoms with Crippen LogP contribution in [-0.2, 0) is 17.1 Å². The topological polar surface area (TPSA) is 60.2 Å². The van der Waals surface area contributed by atoms with Crippen LogP contribution < -0.4 is 9.80 Å². The molecule has 0 N–H and O–H groups in total. The van der Waals surface area contributed by atoms with Gasteiger partial charge in [0.15, 0.2) is 5.69 Å². The number of hydrogen-bond acceptors (Lipinski definition) is 4. The van der Waals surface area contributed by atoms with Gasteiger partial charge in [0, 0.05) is 12.7 Å².